The Morgan fingerprint density at radius 3 is 2.42 bits per heavy atom. The summed E-state index contributed by atoms with van der Waals surface area (Å²) in [7, 11) is 3.32. The lowest BCUT2D eigenvalue weighted by atomic mass is 10.1. The van der Waals surface area contributed by atoms with Crippen LogP contribution in [-0.4, -0.2) is 33.9 Å². The average molecular weight is 358 g/mol. The quantitative estimate of drug-likeness (QED) is 0.573. The summed E-state index contributed by atoms with van der Waals surface area (Å²) in [5.74, 6) is 3.15. The normalized spacial score (nSPS) is 10.5. The van der Waals surface area contributed by atoms with Crippen molar-refractivity contribution in [1.29, 1.82) is 0 Å². The fourth-order valence-corrected chi connectivity index (χ4v) is 2.46. The van der Waals surface area contributed by atoms with Crippen molar-refractivity contribution in [3.05, 3.63) is 42.5 Å². The second-order valence-corrected chi connectivity index (χ2v) is 6.48. The predicted octanol–water partition coefficient (Wildman–Crippen LogP) is 4.65. The minimum atomic E-state index is 0.649. The monoisotopic (exact) mass is 358 g/mol. The van der Waals surface area contributed by atoms with Crippen molar-refractivity contribution >= 4 is 11.4 Å². The number of hydrogen-bond donors (Lipinski definition) is 2. The summed E-state index contributed by atoms with van der Waals surface area (Å²) in [6.07, 6.45) is 1.06. The molecule has 0 aliphatic rings. The van der Waals surface area contributed by atoms with Crippen molar-refractivity contribution in [3.63, 3.8) is 0 Å². The zero-order valence-corrected chi connectivity index (χ0v) is 16.2. The van der Waals surface area contributed by atoms with Crippen molar-refractivity contribution in [2.75, 3.05) is 44.5 Å². The fraction of sp³-hybridized carbons (Fsp3) is 0.429. The summed E-state index contributed by atoms with van der Waals surface area (Å²) < 4.78 is 16.4. The number of rotatable bonds is 11. The van der Waals surface area contributed by atoms with Gasteiger partial charge in [-0.25, -0.2) is 0 Å². The lowest BCUT2D eigenvalue weighted by molar-refractivity contribution is 0.289. The highest BCUT2D eigenvalue weighted by molar-refractivity contribution is 5.60. The van der Waals surface area contributed by atoms with E-state index >= 15 is 0 Å². The van der Waals surface area contributed by atoms with Crippen LogP contribution in [0.15, 0.2) is 42.5 Å². The van der Waals surface area contributed by atoms with Gasteiger partial charge in [-0.05, 0) is 36.6 Å². The first-order valence-electron chi connectivity index (χ1n) is 9.05. The third-order valence-corrected chi connectivity index (χ3v) is 3.97. The number of nitrogens with one attached hydrogen (secondary N) is 2. The van der Waals surface area contributed by atoms with Crippen molar-refractivity contribution in [2.45, 2.75) is 20.3 Å². The average Bonchev–Trinajstić information content (AvgIpc) is 2.65. The van der Waals surface area contributed by atoms with Crippen LogP contribution in [0.1, 0.15) is 20.3 Å². The Labute approximate surface area is 156 Å². The topological polar surface area (TPSA) is 51.8 Å². The van der Waals surface area contributed by atoms with Gasteiger partial charge in [-0.15, -0.1) is 0 Å². The molecule has 0 saturated heterocycles. The molecule has 0 aliphatic heterocycles. The van der Waals surface area contributed by atoms with E-state index in [9.17, 15) is 0 Å². The van der Waals surface area contributed by atoms with Gasteiger partial charge < -0.3 is 24.8 Å². The van der Waals surface area contributed by atoms with Crippen LogP contribution in [0, 0.1) is 5.92 Å². The molecule has 142 valence electrons. The predicted molar refractivity (Wildman–Crippen MR) is 108 cm³/mol. The summed E-state index contributed by atoms with van der Waals surface area (Å²) in [4.78, 5) is 0. The van der Waals surface area contributed by atoms with E-state index in [1.54, 1.807) is 14.2 Å². The summed E-state index contributed by atoms with van der Waals surface area (Å²) in [6, 6.07) is 13.8. The molecule has 0 atom stereocenters. The Morgan fingerprint density at radius 1 is 0.885 bits per heavy atom. The van der Waals surface area contributed by atoms with Crippen LogP contribution in [-0.2, 0) is 0 Å². The van der Waals surface area contributed by atoms with Gasteiger partial charge in [0.2, 0.25) is 0 Å². The van der Waals surface area contributed by atoms with Gasteiger partial charge in [-0.2, -0.15) is 0 Å². The molecule has 0 radical (unpaired) electrons. The molecule has 2 aromatic rings. The maximum absolute atomic E-state index is 5.80. The summed E-state index contributed by atoms with van der Waals surface area (Å²) in [5, 5.41) is 6.78. The molecule has 0 aliphatic carbocycles. The van der Waals surface area contributed by atoms with E-state index in [0.29, 0.717) is 5.92 Å². The molecule has 2 N–H and O–H groups in total. The molecule has 26 heavy (non-hydrogen) atoms. The summed E-state index contributed by atoms with van der Waals surface area (Å²) in [6.45, 7) is 6.67. The van der Waals surface area contributed by atoms with Gasteiger partial charge in [0.15, 0.2) is 0 Å². The number of hydrogen-bond acceptors (Lipinski definition) is 5. The Hall–Kier alpha value is -2.56. The van der Waals surface area contributed by atoms with E-state index in [1.165, 1.54) is 0 Å². The maximum atomic E-state index is 5.80. The fourth-order valence-electron chi connectivity index (χ4n) is 2.46. The lowest BCUT2D eigenvalue weighted by Gasteiger charge is -2.14. The molecule has 0 amide bonds. The van der Waals surface area contributed by atoms with Crippen LogP contribution in [0.25, 0.3) is 0 Å². The van der Waals surface area contributed by atoms with Gasteiger partial charge in [0.05, 0.1) is 26.5 Å². The van der Waals surface area contributed by atoms with E-state index < -0.39 is 0 Å². The highest BCUT2D eigenvalue weighted by atomic mass is 16.5. The van der Waals surface area contributed by atoms with Crippen molar-refractivity contribution in [1.82, 2.24) is 0 Å². The second-order valence-electron chi connectivity index (χ2n) is 6.48. The molecule has 2 rings (SSSR count). The maximum Gasteiger partial charge on any atom is 0.142 e. The molecular formula is C21H30N2O3. The van der Waals surface area contributed by atoms with Crippen LogP contribution in [0.2, 0.25) is 0 Å². The second kappa shape index (κ2) is 10.4. The zero-order valence-electron chi connectivity index (χ0n) is 16.2. The molecule has 0 aromatic heterocycles. The van der Waals surface area contributed by atoms with Crippen molar-refractivity contribution in [3.8, 4) is 17.2 Å². The molecule has 0 bridgehead atoms. The van der Waals surface area contributed by atoms with Crippen LogP contribution in [0.4, 0.5) is 11.4 Å². The minimum Gasteiger partial charge on any atom is -0.497 e. The van der Waals surface area contributed by atoms with Gasteiger partial charge in [0, 0.05) is 30.9 Å². The molecule has 0 unspecified atom stereocenters. The van der Waals surface area contributed by atoms with Gasteiger partial charge >= 0.3 is 0 Å². The van der Waals surface area contributed by atoms with E-state index in [1.807, 2.05) is 42.5 Å². The highest BCUT2D eigenvalue weighted by Crippen LogP contribution is 2.28. The van der Waals surface area contributed by atoms with E-state index in [2.05, 4.69) is 24.5 Å². The Bertz CT molecular complexity index is 674. The van der Waals surface area contributed by atoms with Crippen molar-refractivity contribution < 1.29 is 14.2 Å². The summed E-state index contributed by atoms with van der Waals surface area (Å²) >= 11 is 0. The van der Waals surface area contributed by atoms with Crippen LogP contribution >= 0.6 is 0 Å². The molecule has 0 saturated carbocycles. The minimum absolute atomic E-state index is 0.649. The highest BCUT2D eigenvalue weighted by Gasteiger charge is 2.04. The van der Waals surface area contributed by atoms with Crippen LogP contribution in [0.3, 0.4) is 0 Å². The van der Waals surface area contributed by atoms with E-state index in [0.717, 1.165) is 54.7 Å². The number of ether oxygens (including phenoxy) is 3. The van der Waals surface area contributed by atoms with Crippen LogP contribution < -0.4 is 24.8 Å². The number of methoxy groups -OCH3 is 2. The van der Waals surface area contributed by atoms with E-state index in [-0.39, 0.29) is 0 Å². The molecular weight excluding hydrogens is 328 g/mol. The molecule has 0 heterocycles. The molecule has 2 aromatic carbocycles. The number of benzene rings is 2. The first kappa shape index (κ1) is 19.8. The largest absolute Gasteiger partial charge is 0.497 e. The molecule has 5 nitrogen and oxygen atoms in total. The van der Waals surface area contributed by atoms with Gasteiger partial charge in [0.25, 0.3) is 0 Å². The van der Waals surface area contributed by atoms with Crippen molar-refractivity contribution in [2.24, 2.45) is 5.92 Å². The number of anilines is 2. The lowest BCUT2D eigenvalue weighted by Crippen LogP contribution is -2.14. The summed E-state index contributed by atoms with van der Waals surface area (Å²) in [5.41, 5.74) is 1.96. The van der Waals surface area contributed by atoms with Gasteiger partial charge in [-0.3, -0.25) is 0 Å². The zero-order chi connectivity index (χ0) is 18.8. The molecule has 5 heteroatoms. The molecule has 0 fully saturated rings. The Kier molecular flexibility index (Phi) is 7.93. The Morgan fingerprint density at radius 2 is 1.69 bits per heavy atom. The standard InChI is InChI=1S/C21H30N2O3/c1-16(2)10-13-26-19-7-5-6-17(14-19)22-11-12-23-20-15-18(24-3)8-9-21(20)25-4/h5-9,14-16,22-23H,10-13H2,1-4H3. The third-order valence-electron chi connectivity index (χ3n) is 3.97. The first-order valence-corrected chi connectivity index (χ1v) is 9.05. The third kappa shape index (κ3) is 6.39. The smallest absolute Gasteiger partial charge is 0.142 e. The first-order chi connectivity index (χ1) is 12.6. The Balaban J connectivity index is 1.81. The van der Waals surface area contributed by atoms with Gasteiger partial charge in [-0.1, -0.05) is 19.9 Å². The van der Waals surface area contributed by atoms with E-state index in [4.69, 9.17) is 14.2 Å². The van der Waals surface area contributed by atoms with Gasteiger partial charge in [0.1, 0.15) is 17.2 Å². The van der Waals surface area contributed by atoms with Crippen LogP contribution in [0.5, 0.6) is 17.2 Å². The molecule has 0 spiro atoms. The SMILES string of the molecule is COc1ccc(OC)c(NCCNc2cccc(OCCC(C)C)c2)c1.